The van der Waals surface area contributed by atoms with E-state index in [1.165, 1.54) is 6.07 Å². The fraction of sp³-hybridized carbons (Fsp3) is 0.118. The first kappa shape index (κ1) is 12.8. The van der Waals surface area contributed by atoms with Crippen molar-refractivity contribution in [3.05, 3.63) is 77.4 Å². The highest BCUT2D eigenvalue weighted by Crippen LogP contribution is 2.27. The molecule has 0 bridgehead atoms. The predicted octanol–water partition coefficient (Wildman–Crippen LogP) is 3.73. The minimum absolute atomic E-state index is 0.222. The monoisotopic (exact) mass is 266 g/mol. The third-order valence-corrected chi connectivity index (χ3v) is 3.60. The summed E-state index contributed by atoms with van der Waals surface area (Å²) < 4.78 is 13.7. The first-order valence-corrected chi connectivity index (χ1v) is 6.51. The van der Waals surface area contributed by atoms with E-state index in [0.717, 1.165) is 21.9 Å². The highest BCUT2D eigenvalue weighted by molar-refractivity contribution is 5.85. The zero-order chi connectivity index (χ0) is 14.1. The maximum Gasteiger partial charge on any atom is 0.126 e. The first-order valence-electron chi connectivity index (χ1n) is 6.51. The standard InChI is InChI=1S/C17H15FN2/c1-11-5-6-12(9-16(11)18)17(19)15-4-2-3-13-10-20-8-7-14(13)15/h2-10,17H,19H2,1H3. The van der Waals surface area contributed by atoms with Crippen LogP contribution in [0.5, 0.6) is 0 Å². The second-order valence-electron chi connectivity index (χ2n) is 4.93. The molecule has 2 aromatic carbocycles. The Kier molecular flexibility index (Phi) is 3.20. The van der Waals surface area contributed by atoms with Crippen molar-refractivity contribution in [2.24, 2.45) is 5.73 Å². The Morgan fingerprint density at radius 3 is 2.80 bits per heavy atom. The molecular weight excluding hydrogens is 251 g/mol. The fourth-order valence-corrected chi connectivity index (χ4v) is 2.40. The van der Waals surface area contributed by atoms with Gasteiger partial charge in [0.1, 0.15) is 5.82 Å². The van der Waals surface area contributed by atoms with Gasteiger partial charge in [0.25, 0.3) is 0 Å². The summed E-state index contributed by atoms with van der Waals surface area (Å²) in [5.74, 6) is -0.222. The molecule has 1 unspecified atom stereocenters. The number of fused-ring (bicyclic) bond motifs is 1. The molecule has 2 N–H and O–H groups in total. The van der Waals surface area contributed by atoms with Crippen LogP contribution in [0.2, 0.25) is 0 Å². The molecule has 0 amide bonds. The molecule has 0 fully saturated rings. The molecule has 3 rings (SSSR count). The number of hydrogen-bond acceptors (Lipinski definition) is 2. The number of pyridine rings is 1. The summed E-state index contributed by atoms with van der Waals surface area (Å²) in [5.41, 5.74) is 8.70. The second kappa shape index (κ2) is 5.02. The van der Waals surface area contributed by atoms with Crippen LogP contribution >= 0.6 is 0 Å². The number of hydrogen-bond donors (Lipinski definition) is 1. The zero-order valence-electron chi connectivity index (χ0n) is 11.2. The number of rotatable bonds is 2. The van der Waals surface area contributed by atoms with Crippen LogP contribution in [0.1, 0.15) is 22.7 Å². The molecule has 100 valence electrons. The summed E-state index contributed by atoms with van der Waals surface area (Å²) in [6.45, 7) is 1.74. The van der Waals surface area contributed by atoms with E-state index in [1.807, 2.05) is 30.3 Å². The molecule has 3 heteroatoms. The SMILES string of the molecule is Cc1ccc(C(N)c2cccc3cnccc23)cc1F. The van der Waals surface area contributed by atoms with Crippen LogP contribution in [0.15, 0.2) is 54.9 Å². The van der Waals surface area contributed by atoms with Crippen molar-refractivity contribution in [3.63, 3.8) is 0 Å². The Balaban J connectivity index is 2.12. The van der Waals surface area contributed by atoms with Gasteiger partial charge in [-0.1, -0.05) is 30.3 Å². The Morgan fingerprint density at radius 2 is 2.00 bits per heavy atom. The molecule has 0 spiro atoms. The van der Waals surface area contributed by atoms with Crippen molar-refractivity contribution in [2.75, 3.05) is 0 Å². The summed E-state index contributed by atoms with van der Waals surface area (Å²) in [6, 6.07) is 12.7. The highest BCUT2D eigenvalue weighted by Gasteiger charge is 2.13. The van der Waals surface area contributed by atoms with Gasteiger partial charge < -0.3 is 5.73 Å². The average molecular weight is 266 g/mol. The quantitative estimate of drug-likeness (QED) is 0.767. The van der Waals surface area contributed by atoms with Gasteiger partial charge in [-0.15, -0.1) is 0 Å². The van der Waals surface area contributed by atoms with Crippen molar-refractivity contribution in [3.8, 4) is 0 Å². The smallest absolute Gasteiger partial charge is 0.126 e. The summed E-state index contributed by atoms with van der Waals surface area (Å²) in [5, 5.41) is 2.09. The van der Waals surface area contributed by atoms with Crippen LogP contribution in [0.4, 0.5) is 4.39 Å². The van der Waals surface area contributed by atoms with Crippen LogP contribution in [0.3, 0.4) is 0 Å². The van der Waals surface area contributed by atoms with Crippen LogP contribution in [0, 0.1) is 12.7 Å². The maximum absolute atomic E-state index is 13.7. The van der Waals surface area contributed by atoms with Gasteiger partial charge in [-0.05, 0) is 41.1 Å². The molecule has 1 heterocycles. The van der Waals surface area contributed by atoms with Crippen LogP contribution in [0.25, 0.3) is 10.8 Å². The lowest BCUT2D eigenvalue weighted by molar-refractivity contribution is 0.614. The molecule has 1 aromatic heterocycles. The topological polar surface area (TPSA) is 38.9 Å². The van der Waals surface area contributed by atoms with Crippen molar-refractivity contribution in [2.45, 2.75) is 13.0 Å². The molecule has 3 aromatic rings. The Bertz CT molecular complexity index is 763. The molecule has 0 aliphatic heterocycles. The van der Waals surface area contributed by atoms with E-state index in [9.17, 15) is 4.39 Å². The van der Waals surface area contributed by atoms with Crippen LogP contribution < -0.4 is 5.73 Å². The number of benzene rings is 2. The minimum atomic E-state index is -0.351. The van der Waals surface area contributed by atoms with Gasteiger partial charge >= 0.3 is 0 Å². The molecule has 0 saturated carbocycles. The van der Waals surface area contributed by atoms with Gasteiger partial charge in [0.15, 0.2) is 0 Å². The predicted molar refractivity (Wildman–Crippen MR) is 78.9 cm³/mol. The molecule has 0 radical (unpaired) electrons. The van der Waals surface area contributed by atoms with E-state index >= 15 is 0 Å². The minimum Gasteiger partial charge on any atom is -0.320 e. The van der Waals surface area contributed by atoms with Gasteiger partial charge in [-0.3, -0.25) is 4.98 Å². The normalized spacial score (nSPS) is 12.6. The van der Waals surface area contributed by atoms with Gasteiger partial charge in [0.05, 0.1) is 6.04 Å². The maximum atomic E-state index is 13.7. The number of nitrogens with zero attached hydrogens (tertiary/aromatic N) is 1. The van der Waals surface area contributed by atoms with Gasteiger partial charge in [0.2, 0.25) is 0 Å². The molecular formula is C17H15FN2. The number of nitrogens with two attached hydrogens (primary N) is 1. The Labute approximate surface area is 117 Å². The van der Waals surface area contributed by atoms with E-state index in [2.05, 4.69) is 4.98 Å². The lowest BCUT2D eigenvalue weighted by atomic mass is 9.94. The van der Waals surface area contributed by atoms with Gasteiger partial charge in [-0.2, -0.15) is 0 Å². The molecule has 2 nitrogen and oxygen atoms in total. The highest BCUT2D eigenvalue weighted by atomic mass is 19.1. The third kappa shape index (κ3) is 2.17. The van der Waals surface area contributed by atoms with Crippen molar-refractivity contribution in [1.29, 1.82) is 0 Å². The van der Waals surface area contributed by atoms with E-state index in [4.69, 9.17) is 5.73 Å². The lowest BCUT2D eigenvalue weighted by Gasteiger charge is -2.15. The third-order valence-electron chi connectivity index (χ3n) is 3.60. The van der Waals surface area contributed by atoms with Crippen LogP contribution in [-0.4, -0.2) is 4.98 Å². The summed E-state index contributed by atoms with van der Waals surface area (Å²) in [4.78, 5) is 4.11. The molecule has 1 atom stereocenters. The Hall–Kier alpha value is -2.26. The van der Waals surface area contributed by atoms with E-state index < -0.39 is 0 Å². The zero-order valence-corrected chi connectivity index (χ0v) is 11.2. The second-order valence-corrected chi connectivity index (χ2v) is 4.93. The summed E-state index contributed by atoms with van der Waals surface area (Å²) >= 11 is 0. The van der Waals surface area contributed by atoms with Crippen molar-refractivity contribution < 1.29 is 4.39 Å². The number of aryl methyl sites for hydroxylation is 1. The molecule has 20 heavy (non-hydrogen) atoms. The molecule has 0 aliphatic carbocycles. The molecule has 0 aliphatic rings. The number of aromatic nitrogens is 1. The fourth-order valence-electron chi connectivity index (χ4n) is 2.40. The molecule has 0 saturated heterocycles. The lowest BCUT2D eigenvalue weighted by Crippen LogP contribution is -2.12. The van der Waals surface area contributed by atoms with Crippen molar-refractivity contribution in [1.82, 2.24) is 4.98 Å². The Morgan fingerprint density at radius 1 is 1.15 bits per heavy atom. The first-order chi connectivity index (χ1) is 9.66. The average Bonchev–Trinajstić information content (AvgIpc) is 2.49. The van der Waals surface area contributed by atoms with Crippen LogP contribution in [-0.2, 0) is 0 Å². The van der Waals surface area contributed by atoms with E-state index in [1.54, 1.807) is 25.4 Å². The largest absolute Gasteiger partial charge is 0.320 e. The van der Waals surface area contributed by atoms with Crippen molar-refractivity contribution >= 4 is 10.8 Å². The van der Waals surface area contributed by atoms with Gasteiger partial charge in [-0.25, -0.2) is 4.39 Å². The van der Waals surface area contributed by atoms with E-state index in [0.29, 0.717) is 5.56 Å². The summed E-state index contributed by atoms with van der Waals surface area (Å²) in [6.07, 6.45) is 3.55. The number of halogens is 1. The van der Waals surface area contributed by atoms with E-state index in [-0.39, 0.29) is 11.9 Å². The summed E-state index contributed by atoms with van der Waals surface area (Å²) in [7, 11) is 0. The van der Waals surface area contributed by atoms with Gasteiger partial charge in [0, 0.05) is 17.8 Å².